The van der Waals surface area contributed by atoms with Crippen LogP contribution in [0.5, 0.6) is 0 Å². The van der Waals surface area contributed by atoms with Crippen LogP contribution in [0.1, 0.15) is 16.7 Å². The van der Waals surface area contributed by atoms with Crippen molar-refractivity contribution in [3.8, 4) is 0 Å². The molecule has 3 heteroatoms. The summed E-state index contributed by atoms with van der Waals surface area (Å²) in [7, 11) is 0. The topological polar surface area (TPSA) is 3.24 Å². The first-order valence-electron chi connectivity index (χ1n) is 5.94. The maximum atomic E-state index is 6.37. The third-order valence-corrected chi connectivity index (χ3v) is 4.28. The molecule has 0 aromatic heterocycles. The highest BCUT2D eigenvalue weighted by molar-refractivity contribution is 9.08. The highest BCUT2D eigenvalue weighted by Crippen LogP contribution is 2.36. The Hall–Kier alpha value is -0.990. The summed E-state index contributed by atoms with van der Waals surface area (Å²) in [5.74, 6) is 0. The number of fused-ring (bicyclic) bond motifs is 1. The predicted molar refractivity (Wildman–Crippen MR) is 80.4 cm³/mol. The molecular formula is C15H13BrClN. The van der Waals surface area contributed by atoms with Gasteiger partial charge in [-0.3, -0.25) is 0 Å². The lowest BCUT2D eigenvalue weighted by Gasteiger charge is -2.22. The van der Waals surface area contributed by atoms with E-state index in [4.69, 9.17) is 11.6 Å². The van der Waals surface area contributed by atoms with Crippen molar-refractivity contribution in [3.05, 3.63) is 64.2 Å². The van der Waals surface area contributed by atoms with Crippen molar-refractivity contribution in [2.45, 2.75) is 18.4 Å². The number of para-hydroxylation sites is 1. The Morgan fingerprint density at radius 2 is 1.67 bits per heavy atom. The van der Waals surface area contributed by atoms with Gasteiger partial charge < -0.3 is 4.90 Å². The fraction of sp³-hybridized carbons (Fsp3) is 0.200. The van der Waals surface area contributed by atoms with Crippen LogP contribution in [-0.2, 0) is 18.4 Å². The monoisotopic (exact) mass is 321 g/mol. The number of alkyl halides is 1. The van der Waals surface area contributed by atoms with E-state index in [0.29, 0.717) is 0 Å². The van der Waals surface area contributed by atoms with Crippen LogP contribution in [0, 0.1) is 0 Å². The van der Waals surface area contributed by atoms with Crippen molar-refractivity contribution >= 4 is 33.2 Å². The molecule has 0 saturated heterocycles. The molecule has 1 aliphatic rings. The van der Waals surface area contributed by atoms with Crippen LogP contribution in [0.4, 0.5) is 5.69 Å². The summed E-state index contributed by atoms with van der Waals surface area (Å²) in [6.07, 6.45) is 0. The molecule has 18 heavy (non-hydrogen) atoms. The molecule has 0 N–H and O–H groups in total. The van der Waals surface area contributed by atoms with E-state index in [-0.39, 0.29) is 0 Å². The normalized spacial score (nSPS) is 13.8. The maximum Gasteiger partial charge on any atom is 0.0642 e. The maximum absolute atomic E-state index is 6.37. The Morgan fingerprint density at radius 3 is 2.28 bits per heavy atom. The van der Waals surface area contributed by atoms with Crippen molar-refractivity contribution in [2.75, 3.05) is 4.90 Å². The standard InChI is InChI=1S/C15H13BrClN/c16-8-11-6-3-7-14(17)15(11)18-9-12-4-1-2-5-13(12)10-18/h1-7H,8-10H2. The van der Waals surface area contributed by atoms with Gasteiger partial charge in [-0.1, -0.05) is 63.9 Å². The molecule has 0 atom stereocenters. The van der Waals surface area contributed by atoms with Gasteiger partial charge in [-0.05, 0) is 22.8 Å². The Kier molecular flexibility index (Phi) is 3.31. The number of halogens is 2. The second-order valence-corrected chi connectivity index (χ2v) is 5.47. The SMILES string of the molecule is Clc1cccc(CBr)c1N1Cc2ccccc2C1. The van der Waals surface area contributed by atoms with Crippen molar-refractivity contribution in [1.82, 2.24) is 0 Å². The fourth-order valence-corrected chi connectivity index (χ4v) is 3.28. The van der Waals surface area contributed by atoms with Gasteiger partial charge in [-0.15, -0.1) is 0 Å². The number of rotatable bonds is 2. The Labute approximate surface area is 121 Å². The molecule has 1 aliphatic heterocycles. The number of anilines is 1. The highest BCUT2D eigenvalue weighted by Gasteiger charge is 2.22. The van der Waals surface area contributed by atoms with E-state index < -0.39 is 0 Å². The lowest BCUT2D eigenvalue weighted by Crippen LogP contribution is -2.16. The molecule has 2 aromatic carbocycles. The summed E-state index contributed by atoms with van der Waals surface area (Å²) in [5.41, 5.74) is 5.21. The molecule has 0 radical (unpaired) electrons. The van der Waals surface area contributed by atoms with Crippen LogP contribution in [0.25, 0.3) is 0 Å². The Bertz CT molecular complexity index is 557. The molecule has 0 amide bonds. The molecule has 1 nitrogen and oxygen atoms in total. The first-order valence-corrected chi connectivity index (χ1v) is 7.44. The highest BCUT2D eigenvalue weighted by atomic mass is 79.9. The third kappa shape index (κ3) is 2.04. The molecule has 2 aromatic rings. The zero-order valence-corrected chi connectivity index (χ0v) is 12.2. The summed E-state index contributed by atoms with van der Waals surface area (Å²) in [6, 6.07) is 14.7. The molecule has 0 bridgehead atoms. The van der Waals surface area contributed by atoms with Gasteiger partial charge in [0.2, 0.25) is 0 Å². The van der Waals surface area contributed by atoms with Crippen LogP contribution in [0.2, 0.25) is 5.02 Å². The minimum atomic E-state index is 0.829. The van der Waals surface area contributed by atoms with E-state index in [1.54, 1.807) is 0 Å². The second-order valence-electron chi connectivity index (χ2n) is 4.51. The van der Waals surface area contributed by atoms with Crippen LogP contribution >= 0.6 is 27.5 Å². The first-order chi connectivity index (χ1) is 8.79. The van der Waals surface area contributed by atoms with Crippen LogP contribution < -0.4 is 4.90 Å². The van der Waals surface area contributed by atoms with E-state index in [0.717, 1.165) is 29.1 Å². The summed E-state index contributed by atoms with van der Waals surface area (Å²) >= 11 is 9.91. The smallest absolute Gasteiger partial charge is 0.0642 e. The number of benzene rings is 2. The molecule has 92 valence electrons. The van der Waals surface area contributed by atoms with E-state index in [2.05, 4.69) is 51.2 Å². The largest absolute Gasteiger partial charge is 0.361 e. The molecule has 0 fully saturated rings. The predicted octanol–water partition coefficient (Wildman–Crippen LogP) is 4.76. The molecule has 0 unspecified atom stereocenters. The average Bonchev–Trinajstić information content (AvgIpc) is 2.81. The third-order valence-electron chi connectivity index (χ3n) is 3.37. The number of hydrogen-bond acceptors (Lipinski definition) is 1. The second kappa shape index (κ2) is 4.94. The van der Waals surface area contributed by atoms with E-state index in [9.17, 15) is 0 Å². The Balaban J connectivity index is 2.00. The Morgan fingerprint density at radius 1 is 1.00 bits per heavy atom. The number of nitrogens with zero attached hydrogens (tertiary/aromatic N) is 1. The minimum absolute atomic E-state index is 0.829. The van der Waals surface area contributed by atoms with Gasteiger partial charge in [-0.2, -0.15) is 0 Å². The minimum Gasteiger partial charge on any atom is -0.361 e. The van der Waals surface area contributed by atoms with Gasteiger partial charge in [0, 0.05) is 18.4 Å². The summed E-state index contributed by atoms with van der Waals surface area (Å²) in [4.78, 5) is 2.35. The van der Waals surface area contributed by atoms with Crippen molar-refractivity contribution in [3.63, 3.8) is 0 Å². The molecular weight excluding hydrogens is 310 g/mol. The zero-order valence-electron chi connectivity index (χ0n) is 9.87. The summed E-state index contributed by atoms with van der Waals surface area (Å²) in [5, 5.41) is 1.66. The van der Waals surface area contributed by atoms with Gasteiger partial charge in [0.1, 0.15) is 0 Å². The summed E-state index contributed by atoms with van der Waals surface area (Å²) in [6.45, 7) is 1.89. The first kappa shape index (κ1) is 12.1. The lowest BCUT2D eigenvalue weighted by atomic mass is 10.1. The molecule has 0 aliphatic carbocycles. The van der Waals surface area contributed by atoms with Gasteiger partial charge in [0.05, 0.1) is 10.7 Å². The van der Waals surface area contributed by atoms with Crippen LogP contribution in [0.3, 0.4) is 0 Å². The number of hydrogen-bond donors (Lipinski definition) is 0. The van der Waals surface area contributed by atoms with Crippen LogP contribution in [0.15, 0.2) is 42.5 Å². The quantitative estimate of drug-likeness (QED) is 0.721. The van der Waals surface area contributed by atoms with Crippen molar-refractivity contribution < 1.29 is 0 Å². The van der Waals surface area contributed by atoms with E-state index >= 15 is 0 Å². The average molecular weight is 323 g/mol. The van der Waals surface area contributed by atoms with Crippen LogP contribution in [-0.4, -0.2) is 0 Å². The molecule has 1 heterocycles. The molecule has 3 rings (SSSR count). The molecule has 0 saturated carbocycles. The fourth-order valence-electron chi connectivity index (χ4n) is 2.51. The van der Waals surface area contributed by atoms with Gasteiger partial charge in [0.15, 0.2) is 0 Å². The van der Waals surface area contributed by atoms with Crippen molar-refractivity contribution in [1.29, 1.82) is 0 Å². The van der Waals surface area contributed by atoms with Gasteiger partial charge in [-0.25, -0.2) is 0 Å². The molecule has 0 spiro atoms. The lowest BCUT2D eigenvalue weighted by molar-refractivity contribution is 0.875. The van der Waals surface area contributed by atoms with E-state index in [1.807, 2.05) is 12.1 Å². The summed E-state index contributed by atoms with van der Waals surface area (Å²) < 4.78 is 0. The van der Waals surface area contributed by atoms with Crippen molar-refractivity contribution in [2.24, 2.45) is 0 Å². The van der Waals surface area contributed by atoms with E-state index in [1.165, 1.54) is 16.7 Å². The zero-order chi connectivity index (χ0) is 12.5. The van der Waals surface area contributed by atoms with Gasteiger partial charge >= 0.3 is 0 Å². The van der Waals surface area contributed by atoms with Gasteiger partial charge in [0.25, 0.3) is 0 Å².